The van der Waals surface area contributed by atoms with Gasteiger partial charge in [-0.05, 0) is 36.5 Å². The SMILES string of the molecule is CC1=NC2=C(C(=O)CC(C)(C)C2)C(c2cccc(O)c2)C1C#N. The second-order valence-electron chi connectivity index (χ2n) is 7.23. The zero-order valence-electron chi connectivity index (χ0n) is 13.6. The summed E-state index contributed by atoms with van der Waals surface area (Å²) in [5.74, 6) is -0.602. The van der Waals surface area contributed by atoms with Gasteiger partial charge in [0.05, 0.1) is 12.0 Å². The number of carbonyl (C=O) groups is 1. The van der Waals surface area contributed by atoms with Crippen LogP contribution in [0.1, 0.15) is 45.1 Å². The summed E-state index contributed by atoms with van der Waals surface area (Å²) in [6, 6.07) is 9.15. The van der Waals surface area contributed by atoms with Gasteiger partial charge in [-0.3, -0.25) is 9.79 Å². The van der Waals surface area contributed by atoms with Crippen molar-refractivity contribution in [2.24, 2.45) is 16.3 Å². The molecule has 4 heteroatoms. The average molecular weight is 308 g/mol. The van der Waals surface area contributed by atoms with Crippen LogP contribution in [-0.2, 0) is 4.79 Å². The number of Topliss-reactive ketones (excluding diaryl/α,β-unsaturated/α-hetero) is 1. The van der Waals surface area contributed by atoms with Crippen molar-refractivity contribution in [3.05, 3.63) is 41.1 Å². The molecule has 1 aliphatic heterocycles. The third kappa shape index (κ3) is 2.68. The van der Waals surface area contributed by atoms with E-state index in [-0.39, 0.29) is 22.9 Å². The van der Waals surface area contributed by atoms with Gasteiger partial charge in [0.25, 0.3) is 0 Å². The molecule has 0 radical (unpaired) electrons. The minimum Gasteiger partial charge on any atom is -0.508 e. The first-order valence-electron chi connectivity index (χ1n) is 7.82. The van der Waals surface area contributed by atoms with Gasteiger partial charge in [-0.15, -0.1) is 0 Å². The summed E-state index contributed by atoms with van der Waals surface area (Å²) in [7, 11) is 0. The Morgan fingerprint density at radius 2 is 2.09 bits per heavy atom. The first-order chi connectivity index (χ1) is 10.8. The number of allylic oxidation sites excluding steroid dienone is 2. The summed E-state index contributed by atoms with van der Waals surface area (Å²) >= 11 is 0. The molecule has 1 aromatic rings. The number of phenolic OH excluding ortho intramolecular Hbond substituents is 1. The van der Waals surface area contributed by atoms with Crippen LogP contribution in [0.2, 0.25) is 0 Å². The largest absolute Gasteiger partial charge is 0.508 e. The Morgan fingerprint density at radius 3 is 2.74 bits per heavy atom. The van der Waals surface area contributed by atoms with Crippen molar-refractivity contribution >= 4 is 11.5 Å². The molecular weight excluding hydrogens is 288 g/mol. The van der Waals surface area contributed by atoms with E-state index < -0.39 is 5.92 Å². The quantitative estimate of drug-likeness (QED) is 0.859. The van der Waals surface area contributed by atoms with E-state index in [0.29, 0.717) is 12.0 Å². The van der Waals surface area contributed by atoms with Crippen molar-refractivity contribution in [3.8, 4) is 11.8 Å². The minimum atomic E-state index is -0.472. The van der Waals surface area contributed by atoms with Gasteiger partial charge in [0.2, 0.25) is 0 Å². The number of hydrogen-bond donors (Lipinski definition) is 1. The number of nitrogens with zero attached hydrogens (tertiary/aromatic N) is 2. The van der Waals surface area contributed by atoms with E-state index in [0.717, 1.165) is 23.4 Å². The van der Waals surface area contributed by atoms with E-state index in [9.17, 15) is 15.2 Å². The second-order valence-corrected chi connectivity index (χ2v) is 7.23. The molecule has 2 atom stereocenters. The molecule has 0 amide bonds. The van der Waals surface area contributed by atoms with Gasteiger partial charge >= 0.3 is 0 Å². The van der Waals surface area contributed by atoms with Crippen LogP contribution in [0.4, 0.5) is 0 Å². The maximum atomic E-state index is 12.8. The molecule has 1 heterocycles. The standard InChI is InChI=1S/C19H20N2O2/c1-11-14(10-20)17(12-5-4-6-13(22)7-12)18-15(21-11)8-19(2,3)9-16(18)23/h4-7,14,17,22H,8-9H2,1-3H3. The molecule has 2 aliphatic rings. The van der Waals surface area contributed by atoms with Gasteiger partial charge in [-0.25, -0.2) is 0 Å². The van der Waals surface area contributed by atoms with Crippen LogP contribution >= 0.6 is 0 Å². The Labute approximate surface area is 136 Å². The molecule has 1 aromatic carbocycles. The number of carbonyl (C=O) groups excluding carboxylic acids is 1. The molecule has 0 saturated heterocycles. The van der Waals surface area contributed by atoms with Gasteiger partial charge in [0.15, 0.2) is 5.78 Å². The summed E-state index contributed by atoms with van der Waals surface area (Å²) in [4.78, 5) is 17.4. The average Bonchev–Trinajstić information content (AvgIpc) is 2.44. The number of aromatic hydroxyl groups is 1. The summed E-state index contributed by atoms with van der Waals surface area (Å²) < 4.78 is 0. The van der Waals surface area contributed by atoms with Crippen molar-refractivity contribution in [3.63, 3.8) is 0 Å². The Hall–Kier alpha value is -2.41. The molecule has 1 aliphatic carbocycles. The summed E-state index contributed by atoms with van der Waals surface area (Å²) in [5.41, 5.74) is 2.90. The zero-order chi connectivity index (χ0) is 16.8. The maximum absolute atomic E-state index is 12.8. The van der Waals surface area contributed by atoms with Crippen LogP contribution in [0.25, 0.3) is 0 Å². The predicted octanol–water partition coefficient (Wildman–Crippen LogP) is 3.73. The Balaban J connectivity index is 2.19. The Kier molecular flexibility index (Phi) is 3.60. The van der Waals surface area contributed by atoms with E-state index in [4.69, 9.17) is 0 Å². The summed E-state index contributed by atoms with van der Waals surface area (Å²) in [5, 5.41) is 19.4. The lowest BCUT2D eigenvalue weighted by molar-refractivity contribution is -0.118. The van der Waals surface area contributed by atoms with Crippen LogP contribution in [0.5, 0.6) is 5.75 Å². The van der Waals surface area contributed by atoms with Crippen molar-refractivity contribution in [2.75, 3.05) is 0 Å². The molecule has 3 rings (SSSR count). The van der Waals surface area contributed by atoms with Crippen LogP contribution in [0, 0.1) is 22.7 Å². The van der Waals surface area contributed by atoms with Gasteiger partial charge in [-0.1, -0.05) is 26.0 Å². The molecule has 23 heavy (non-hydrogen) atoms. The second kappa shape index (κ2) is 5.34. The van der Waals surface area contributed by atoms with Crippen LogP contribution in [-0.4, -0.2) is 16.6 Å². The van der Waals surface area contributed by atoms with Crippen molar-refractivity contribution in [1.29, 1.82) is 5.26 Å². The molecule has 1 N–H and O–H groups in total. The fourth-order valence-corrected chi connectivity index (χ4v) is 3.69. The number of hydrogen-bond acceptors (Lipinski definition) is 4. The lowest BCUT2D eigenvalue weighted by atomic mass is 9.67. The van der Waals surface area contributed by atoms with Crippen LogP contribution in [0.3, 0.4) is 0 Å². The number of ketones is 1. The van der Waals surface area contributed by atoms with Crippen molar-refractivity contribution in [1.82, 2.24) is 0 Å². The molecule has 0 saturated carbocycles. The van der Waals surface area contributed by atoms with Gasteiger partial charge in [-0.2, -0.15) is 5.26 Å². The zero-order valence-corrected chi connectivity index (χ0v) is 13.6. The summed E-state index contributed by atoms with van der Waals surface area (Å²) in [6.45, 7) is 5.98. The van der Waals surface area contributed by atoms with E-state index in [1.807, 2.05) is 13.0 Å². The topological polar surface area (TPSA) is 73.4 Å². The number of phenols is 1. The van der Waals surface area contributed by atoms with Crippen LogP contribution < -0.4 is 0 Å². The molecular formula is C19H20N2O2. The van der Waals surface area contributed by atoms with Crippen molar-refractivity contribution in [2.45, 2.75) is 39.5 Å². The lowest BCUT2D eigenvalue weighted by Crippen LogP contribution is -2.35. The number of nitriles is 1. The molecule has 4 nitrogen and oxygen atoms in total. The molecule has 0 fully saturated rings. The normalized spacial score (nSPS) is 26.3. The van der Waals surface area contributed by atoms with E-state index >= 15 is 0 Å². The predicted molar refractivity (Wildman–Crippen MR) is 88.1 cm³/mol. The molecule has 0 bridgehead atoms. The minimum absolute atomic E-state index is 0.0705. The highest BCUT2D eigenvalue weighted by Crippen LogP contribution is 2.47. The highest BCUT2D eigenvalue weighted by Gasteiger charge is 2.43. The number of benzene rings is 1. The lowest BCUT2D eigenvalue weighted by Gasteiger charge is -2.37. The molecule has 0 aromatic heterocycles. The van der Waals surface area contributed by atoms with E-state index in [1.165, 1.54) is 0 Å². The van der Waals surface area contributed by atoms with Crippen molar-refractivity contribution < 1.29 is 9.90 Å². The fraction of sp³-hybridized carbons (Fsp3) is 0.421. The molecule has 2 unspecified atom stereocenters. The third-order valence-electron chi connectivity index (χ3n) is 4.67. The molecule has 0 spiro atoms. The molecule has 118 valence electrons. The smallest absolute Gasteiger partial charge is 0.161 e. The first kappa shape index (κ1) is 15.5. The number of rotatable bonds is 1. The van der Waals surface area contributed by atoms with E-state index in [2.05, 4.69) is 24.9 Å². The Morgan fingerprint density at radius 1 is 1.35 bits per heavy atom. The maximum Gasteiger partial charge on any atom is 0.161 e. The highest BCUT2D eigenvalue weighted by atomic mass is 16.3. The third-order valence-corrected chi connectivity index (χ3v) is 4.67. The fourth-order valence-electron chi connectivity index (χ4n) is 3.69. The monoisotopic (exact) mass is 308 g/mol. The van der Waals surface area contributed by atoms with Gasteiger partial charge in [0, 0.05) is 29.3 Å². The first-order valence-corrected chi connectivity index (χ1v) is 7.82. The Bertz CT molecular complexity index is 781. The number of aliphatic imine (C=N–C) groups is 1. The van der Waals surface area contributed by atoms with Crippen LogP contribution in [0.15, 0.2) is 40.5 Å². The highest BCUT2D eigenvalue weighted by molar-refractivity contribution is 6.03. The van der Waals surface area contributed by atoms with Gasteiger partial charge < -0.3 is 5.11 Å². The summed E-state index contributed by atoms with van der Waals surface area (Å²) in [6.07, 6.45) is 1.20. The van der Waals surface area contributed by atoms with E-state index in [1.54, 1.807) is 18.2 Å². The van der Waals surface area contributed by atoms with Gasteiger partial charge in [0.1, 0.15) is 5.75 Å².